The van der Waals surface area contributed by atoms with Crippen LogP contribution in [-0.2, 0) is 0 Å². The van der Waals surface area contributed by atoms with Crippen LogP contribution in [0.1, 0.15) is 39.5 Å². The van der Waals surface area contributed by atoms with Gasteiger partial charge in [-0.15, -0.1) is 0 Å². The fraction of sp³-hybridized carbons (Fsp3) is 0.647. The second-order valence-electron chi connectivity index (χ2n) is 5.85. The molecule has 0 spiro atoms. The van der Waals surface area contributed by atoms with E-state index in [1.165, 1.54) is 11.0 Å². The van der Waals surface area contributed by atoms with Crippen molar-refractivity contribution in [1.29, 1.82) is 0 Å². The lowest BCUT2D eigenvalue weighted by Gasteiger charge is -2.22. The van der Waals surface area contributed by atoms with Crippen molar-refractivity contribution in [3.63, 3.8) is 0 Å². The van der Waals surface area contributed by atoms with Gasteiger partial charge in [-0.3, -0.25) is 10.1 Å². The first kappa shape index (κ1) is 19.4. The minimum Gasteiger partial charge on any atom is -0.484 e. The molecule has 0 aliphatic carbocycles. The highest BCUT2D eigenvalue weighted by atomic mass is 16.6. The molecule has 0 bridgehead atoms. The van der Waals surface area contributed by atoms with Crippen molar-refractivity contribution in [3.05, 3.63) is 34.4 Å². The van der Waals surface area contributed by atoms with E-state index in [2.05, 4.69) is 13.8 Å². The average molecular weight is 325 g/mol. The standard InChI is InChI=1S/C17H28N2O4/c1-3-5-11-18(12-6-4-2)13-15(20)14-23-17-10-8-7-9-16(17)19(21)22/h7-10,15,20H,3-6,11-14H2,1-2H3/p+1/t15-/m0/s1. The molecule has 23 heavy (non-hydrogen) atoms. The van der Waals surface area contributed by atoms with Crippen LogP contribution in [0, 0.1) is 10.1 Å². The van der Waals surface area contributed by atoms with Gasteiger partial charge in [0.2, 0.25) is 0 Å². The molecule has 0 saturated carbocycles. The summed E-state index contributed by atoms with van der Waals surface area (Å²) in [7, 11) is 0. The Balaban J connectivity index is 2.51. The van der Waals surface area contributed by atoms with E-state index >= 15 is 0 Å². The molecule has 6 heteroatoms. The predicted molar refractivity (Wildman–Crippen MR) is 90.0 cm³/mol. The van der Waals surface area contributed by atoms with Crippen LogP contribution in [0.2, 0.25) is 0 Å². The highest BCUT2D eigenvalue weighted by molar-refractivity contribution is 5.45. The number of benzene rings is 1. The maximum Gasteiger partial charge on any atom is 0.310 e. The van der Waals surface area contributed by atoms with Crippen LogP contribution in [0.5, 0.6) is 5.75 Å². The third-order valence-corrected chi connectivity index (χ3v) is 3.79. The summed E-state index contributed by atoms with van der Waals surface area (Å²) in [5, 5.41) is 21.1. The molecule has 0 aromatic heterocycles. The number of unbranched alkanes of at least 4 members (excludes halogenated alkanes) is 2. The van der Waals surface area contributed by atoms with Gasteiger partial charge >= 0.3 is 5.69 Å². The van der Waals surface area contributed by atoms with Gasteiger partial charge in [0.15, 0.2) is 5.75 Å². The number of hydrogen-bond donors (Lipinski definition) is 2. The monoisotopic (exact) mass is 325 g/mol. The number of rotatable bonds is 12. The lowest BCUT2D eigenvalue weighted by molar-refractivity contribution is -0.903. The van der Waals surface area contributed by atoms with Crippen molar-refractivity contribution >= 4 is 5.69 Å². The summed E-state index contributed by atoms with van der Waals surface area (Å²) in [5.41, 5.74) is -0.0686. The molecule has 2 N–H and O–H groups in total. The van der Waals surface area contributed by atoms with Crippen LogP contribution in [-0.4, -0.2) is 42.4 Å². The SMILES string of the molecule is CCCC[NH+](CCCC)C[C@H](O)COc1ccccc1[N+](=O)[O-]. The molecule has 0 heterocycles. The predicted octanol–water partition coefficient (Wildman–Crippen LogP) is 1.82. The quantitative estimate of drug-likeness (QED) is 0.454. The lowest BCUT2D eigenvalue weighted by atomic mass is 10.2. The number of nitro groups is 1. The largest absolute Gasteiger partial charge is 0.484 e. The summed E-state index contributed by atoms with van der Waals surface area (Å²) in [6.07, 6.45) is 3.92. The first-order valence-electron chi connectivity index (χ1n) is 8.46. The van der Waals surface area contributed by atoms with Crippen LogP contribution in [0.3, 0.4) is 0 Å². The number of ether oxygens (including phenoxy) is 1. The smallest absolute Gasteiger partial charge is 0.310 e. The zero-order valence-corrected chi connectivity index (χ0v) is 14.2. The first-order valence-corrected chi connectivity index (χ1v) is 8.46. The Kier molecular flexibility index (Phi) is 9.24. The minimum atomic E-state index is -0.626. The van der Waals surface area contributed by atoms with Crippen molar-refractivity contribution < 1.29 is 19.7 Å². The Bertz CT molecular complexity index is 460. The van der Waals surface area contributed by atoms with Gasteiger partial charge in [-0.2, -0.15) is 0 Å². The zero-order chi connectivity index (χ0) is 17.1. The second-order valence-corrected chi connectivity index (χ2v) is 5.85. The number of nitrogens with one attached hydrogen (secondary N) is 1. The van der Waals surface area contributed by atoms with Gasteiger partial charge in [0.05, 0.1) is 18.0 Å². The number of aliphatic hydroxyl groups is 1. The Labute approximate surface area is 138 Å². The van der Waals surface area contributed by atoms with E-state index in [9.17, 15) is 15.2 Å². The minimum absolute atomic E-state index is 0.0686. The molecule has 0 amide bonds. The van der Waals surface area contributed by atoms with Crippen molar-refractivity contribution in [2.24, 2.45) is 0 Å². The first-order chi connectivity index (χ1) is 11.1. The van der Waals surface area contributed by atoms with Crippen LogP contribution < -0.4 is 9.64 Å². The van der Waals surface area contributed by atoms with Crippen molar-refractivity contribution in [3.8, 4) is 5.75 Å². The van der Waals surface area contributed by atoms with Crippen molar-refractivity contribution in [1.82, 2.24) is 0 Å². The molecular weight excluding hydrogens is 296 g/mol. The molecule has 1 rings (SSSR count). The number of nitrogens with zero attached hydrogens (tertiary/aromatic N) is 1. The molecule has 1 aromatic carbocycles. The summed E-state index contributed by atoms with van der Waals surface area (Å²) >= 11 is 0. The van der Waals surface area contributed by atoms with E-state index in [1.807, 2.05) is 0 Å². The van der Waals surface area contributed by atoms with Crippen LogP contribution in [0.15, 0.2) is 24.3 Å². The molecule has 0 unspecified atom stereocenters. The fourth-order valence-electron chi connectivity index (χ4n) is 2.49. The van der Waals surface area contributed by atoms with Crippen molar-refractivity contribution in [2.45, 2.75) is 45.6 Å². The number of nitro benzene ring substituents is 1. The summed E-state index contributed by atoms with van der Waals surface area (Å²) < 4.78 is 5.47. The van der Waals surface area contributed by atoms with Gasteiger partial charge in [-0.1, -0.05) is 38.8 Å². The number of hydrogen-bond acceptors (Lipinski definition) is 4. The van der Waals surface area contributed by atoms with E-state index in [-0.39, 0.29) is 18.0 Å². The summed E-state index contributed by atoms with van der Waals surface area (Å²) in [6, 6.07) is 6.25. The van der Waals surface area contributed by atoms with E-state index in [1.54, 1.807) is 18.2 Å². The number of para-hydroxylation sites is 2. The van der Waals surface area contributed by atoms with Gasteiger partial charge in [0, 0.05) is 6.07 Å². The summed E-state index contributed by atoms with van der Waals surface area (Å²) in [4.78, 5) is 11.8. The van der Waals surface area contributed by atoms with Crippen molar-refractivity contribution in [2.75, 3.05) is 26.2 Å². The highest BCUT2D eigenvalue weighted by Crippen LogP contribution is 2.25. The Morgan fingerprint density at radius 1 is 1.22 bits per heavy atom. The van der Waals surface area contributed by atoms with Gasteiger partial charge in [0.1, 0.15) is 19.3 Å². The highest BCUT2D eigenvalue weighted by Gasteiger charge is 2.18. The van der Waals surface area contributed by atoms with E-state index in [0.717, 1.165) is 38.8 Å². The maximum atomic E-state index is 10.9. The Hall–Kier alpha value is -1.66. The van der Waals surface area contributed by atoms with E-state index in [4.69, 9.17) is 4.74 Å². The van der Waals surface area contributed by atoms with Crippen LogP contribution in [0.25, 0.3) is 0 Å². The van der Waals surface area contributed by atoms with E-state index in [0.29, 0.717) is 6.54 Å². The van der Waals surface area contributed by atoms with Gasteiger partial charge in [-0.25, -0.2) is 0 Å². The second kappa shape index (κ2) is 11.0. The average Bonchev–Trinajstić information content (AvgIpc) is 2.55. The van der Waals surface area contributed by atoms with Gasteiger partial charge in [0.25, 0.3) is 0 Å². The van der Waals surface area contributed by atoms with Crippen LogP contribution in [0.4, 0.5) is 5.69 Å². The Morgan fingerprint density at radius 3 is 2.39 bits per heavy atom. The van der Waals surface area contributed by atoms with Gasteiger partial charge in [-0.05, 0) is 18.9 Å². The topological polar surface area (TPSA) is 77.0 Å². The molecule has 0 fully saturated rings. The summed E-state index contributed by atoms with van der Waals surface area (Å²) in [5.74, 6) is 0.209. The molecular formula is C17H29N2O4+. The maximum absolute atomic E-state index is 10.9. The third kappa shape index (κ3) is 7.43. The fourth-order valence-corrected chi connectivity index (χ4v) is 2.49. The zero-order valence-electron chi connectivity index (χ0n) is 14.2. The molecule has 0 aliphatic rings. The molecule has 0 radical (unpaired) electrons. The normalized spacial score (nSPS) is 12.3. The number of quaternary nitrogens is 1. The van der Waals surface area contributed by atoms with Gasteiger partial charge < -0.3 is 14.7 Å². The molecule has 0 aliphatic heterocycles. The Morgan fingerprint density at radius 2 is 1.83 bits per heavy atom. The molecule has 1 atom stereocenters. The molecule has 0 saturated heterocycles. The van der Waals surface area contributed by atoms with E-state index < -0.39 is 11.0 Å². The lowest BCUT2D eigenvalue weighted by Crippen LogP contribution is -3.13. The molecule has 6 nitrogen and oxygen atoms in total. The third-order valence-electron chi connectivity index (χ3n) is 3.79. The van der Waals surface area contributed by atoms with Crippen LogP contribution >= 0.6 is 0 Å². The summed E-state index contributed by atoms with van der Waals surface area (Å²) in [6.45, 7) is 7.09. The number of aliphatic hydroxyl groups excluding tert-OH is 1. The molecule has 1 aromatic rings. The molecule has 130 valence electrons.